The monoisotopic (exact) mass is 358 g/mol. The van der Waals surface area contributed by atoms with Gasteiger partial charge in [-0.05, 0) is 57.0 Å². The first-order valence-corrected chi connectivity index (χ1v) is 8.44. The number of amides is 1. The molecule has 1 aliphatic rings. The zero-order valence-electron chi connectivity index (χ0n) is 12.7. The Kier molecular flexibility index (Phi) is 6.69. The van der Waals surface area contributed by atoms with Gasteiger partial charge < -0.3 is 10.4 Å². The van der Waals surface area contributed by atoms with Gasteiger partial charge in [-0.3, -0.25) is 14.5 Å². The number of hydrogen-bond acceptors (Lipinski definition) is 3. The van der Waals surface area contributed by atoms with Crippen LogP contribution < -0.4 is 5.32 Å². The second-order valence-corrected chi connectivity index (χ2v) is 6.57. The Labute approximate surface area is 145 Å². The number of unbranched alkanes of at least 4 members (excludes halogenated alkanes) is 1. The van der Waals surface area contributed by atoms with E-state index in [0.29, 0.717) is 22.2 Å². The molecule has 1 saturated heterocycles. The molecular formula is C16H20Cl2N2O3. The van der Waals surface area contributed by atoms with Crippen molar-refractivity contribution in [2.24, 2.45) is 0 Å². The molecule has 5 nitrogen and oxygen atoms in total. The Bertz CT molecular complexity index is 560. The lowest BCUT2D eigenvalue weighted by Crippen LogP contribution is -2.40. The van der Waals surface area contributed by atoms with E-state index < -0.39 is 5.97 Å². The maximum absolute atomic E-state index is 12.5. The van der Waals surface area contributed by atoms with Crippen molar-refractivity contribution in [2.45, 2.75) is 38.1 Å². The standard InChI is InChI=1S/C16H20Cl2N2O3/c17-11-8-12(18)10-13(9-11)19-16(23)14-4-3-7-20(14)6-2-1-5-15(21)22/h8-10,14H,1-7H2,(H,19,23)(H,21,22). The molecule has 126 valence electrons. The summed E-state index contributed by atoms with van der Waals surface area (Å²) in [6, 6.07) is 4.76. The van der Waals surface area contributed by atoms with Crippen LogP contribution in [-0.4, -0.2) is 41.0 Å². The van der Waals surface area contributed by atoms with Crippen LogP contribution >= 0.6 is 23.2 Å². The van der Waals surface area contributed by atoms with Crippen LogP contribution in [0.2, 0.25) is 10.0 Å². The fraction of sp³-hybridized carbons (Fsp3) is 0.500. The second-order valence-electron chi connectivity index (χ2n) is 5.69. The van der Waals surface area contributed by atoms with Crippen LogP contribution in [0.4, 0.5) is 5.69 Å². The number of hydrogen-bond donors (Lipinski definition) is 2. The lowest BCUT2D eigenvalue weighted by Gasteiger charge is -2.23. The molecule has 1 amide bonds. The van der Waals surface area contributed by atoms with Crippen molar-refractivity contribution < 1.29 is 14.7 Å². The molecule has 2 N–H and O–H groups in total. The molecule has 1 aromatic rings. The summed E-state index contributed by atoms with van der Waals surface area (Å²) < 4.78 is 0. The largest absolute Gasteiger partial charge is 0.481 e. The third-order valence-electron chi connectivity index (χ3n) is 3.88. The highest BCUT2D eigenvalue weighted by Gasteiger charge is 2.30. The molecule has 1 aliphatic heterocycles. The number of carbonyl (C=O) groups is 2. The fourth-order valence-electron chi connectivity index (χ4n) is 2.83. The first-order chi connectivity index (χ1) is 11.0. The molecule has 0 aromatic heterocycles. The number of likely N-dealkylation sites (tertiary alicyclic amines) is 1. The molecular weight excluding hydrogens is 339 g/mol. The number of nitrogens with one attached hydrogen (secondary N) is 1. The van der Waals surface area contributed by atoms with Gasteiger partial charge in [0, 0.05) is 22.2 Å². The quantitative estimate of drug-likeness (QED) is 0.729. The molecule has 0 spiro atoms. The molecule has 7 heteroatoms. The molecule has 0 bridgehead atoms. The average Bonchev–Trinajstić information content (AvgIpc) is 2.90. The highest BCUT2D eigenvalue weighted by atomic mass is 35.5. The number of halogens is 2. The van der Waals surface area contributed by atoms with Gasteiger partial charge in [0.25, 0.3) is 0 Å². The van der Waals surface area contributed by atoms with Crippen molar-refractivity contribution in [3.63, 3.8) is 0 Å². The SMILES string of the molecule is O=C(O)CCCCN1CCCC1C(=O)Nc1cc(Cl)cc(Cl)c1. The van der Waals surface area contributed by atoms with Gasteiger partial charge in [0.05, 0.1) is 6.04 Å². The minimum absolute atomic E-state index is 0.0703. The maximum Gasteiger partial charge on any atom is 0.303 e. The number of rotatable bonds is 7. The summed E-state index contributed by atoms with van der Waals surface area (Å²) in [7, 11) is 0. The molecule has 1 unspecified atom stereocenters. The zero-order valence-corrected chi connectivity index (χ0v) is 14.2. The molecule has 0 radical (unpaired) electrons. The van der Waals surface area contributed by atoms with E-state index in [1.165, 1.54) is 0 Å². The first kappa shape index (κ1) is 18.0. The third-order valence-corrected chi connectivity index (χ3v) is 4.32. The van der Waals surface area contributed by atoms with Crippen molar-refractivity contribution >= 4 is 40.8 Å². The van der Waals surface area contributed by atoms with E-state index in [0.717, 1.165) is 32.4 Å². The summed E-state index contributed by atoms with van der Waals surface area (Å²) in [5.41, 5.74) is 0.588. The maximum atomic E-state index is 12.5. The van der Waals surface area contributed by atoms with Gasteiger partial charge in [0.2, 0.25) is 5.91 Å². The third kappa shape index (κ3) is 5.68. The van der Waals surface area contributed by atoms with Crippen LogP contribution in [0, 0.1) is 0 Å². The Morgan fingerprint density at radius 1 is 1.22 bits per heavy atom. The van der Waals surface area contributed by atoms with Crippen molar-refractivity contribution in [3.8, 4) is 0 Å². The Balaban J connectivity index is 1.88. The number of carboxylic acid groups (broad SMARTS) is 1. The average molecular weight is 359 g/mol. The van der Waals surface area contributed by atoms with E-state index in [-0.39, 0.29) is 18.4 Å². The summed E-state index contributed by atoms with van der Waals surface area (Å²) >= 11 is 11.9. The number of carbonyl (C=O) groups excluding carboxylic acids is 1. The minimum Gasteiger partial charge on any atom is -0.481 e. The van der Waals surface area contributed by atoms with Gasteiger partial charge in [0.15, 0.2) is 0 Å². The summed E-state index contributed by atoms with van der Waals surface area (Å²) in [6.45, 7) is 1.60. The van der Waals surface area contributed by atoms with Crippen LogP contribution in [0.3, 0.4) is 0 Å². The van der Waals surface area contributed by atoms with E-state index in [1.807, 2.05) is 0 Å². The number of carboxylic acids is 1. The topological polar surface area (TPSA) is 69.6 Å². The Hall–Kier alpha value is -1.30. The summed E-state index contributed by atoms with van der Waals surface area (Å²) in [6.07, 6.45) is 3.35. The number of benzene rings is 1. The van der Waals surface area contributed by atoms with E-state index in [9.17, 15) is 9.59 Å². The van der Waals surface area contributed by atoms with Gasteiger partial charge in [-0.15, -0.1) is 0 Å². The Morgan fingerprint density at radius 3 is 2.57 bits per heavy atom. The van der Waals surface area contributed by atoms with Crippen LogP contribution in [0.5, 0.6) is 0 Å². The summed E-state index contributed by atoms with van der Waals surface area (Å²) in [5.74, 6) is -0.849. The number of anilines is 1. The lowest BCUT2D eigenvalue weighted by molar-refractivity contribution is -0.137. The van der Waals surface area contributed by atoms with Gasteiger partial charge in [-0.1, -0.05) is 23.2 Å². The summed E-state index contributed by atoms with van der Waals surface area (Å²) in [5, 5.41) is 12.5. The van der Waals surface area contributed by atoms with E-state index in [1.54, 1.807) is 18.2 Å². The van der Waals surface area contributed by atoms with E-state index >= 15 is 0 Å². The lowest BCUT2D eigenvalue weighted by atomic mass is 10.1. The minimum atomic E-state index is -0.779. The molecule has 1 fully saturated rings. The highest BCUT2D eigenvalue weighted by Crippen LogP contribution is 2.24. The molecule has 23 heavy (non-hydrogen) atoms. The van der Waals surface area contributed by atoms with E-state index in [4.69, 9.17) is 28.3 Å². The molecule has 1 atom stereocenters. The van der Waals surface area contributed by atoms with Gasteiger partial charge >= 0.3 is 5.97 Å². The zero-order chi connectivity index (χ0) is 16.8. The van der Waals surface area contributed by atoms with Crippen LogP contribution in [0.15, 0.2) is 18.2 Å². The fourth-order valence-corrected chi connectivity index (χ4v) is 3.36. The summed E-state index contributed by atoms with van der Waals surface area (Å²) in [4.78, 5) is 25.1. The van der Waals surface area contributed by atoms with Gasteiger partial charge in [-0.2, -0.15) is 0 Å². The molecule has 1 heterocycles. The van der Waals surface area contributed by atoms with Crippen molar-refractivity contribution in [1.82, 2.24) is 4.90 Å². The first-order valence-electron chi connectivity index (χ1n) is 7.68. The van der Waals surface area contributed by atoms with Crippen LogP contribution in [0.1, 0.15) is 32.1 Å². The van der Waals surface area contributed by atoms with Crippen LogP contribution in [0.25, 0.3) is 0 Å². The molecule has 0 saturated carbocycles. The van der Waals surface area contributed by atoms with Crippen molar-refractivity contribution in [1.29, 1.82) is 0 Å². The normalized spacial score (nSPS) is 18.1. The van der Waals surface area contributed by atoms with Crippen molar-refractivity contribution in [3.05, 3.63) is 28.2 Å². The smallest absolute Gasteiger partial charge is 0.303 e. The molecule has 1 aromatic carbocycles. The highest BCUT2D eigenvalue weighted by molar-refractivity contribution is 6.35. The van der Waals surface area contributed by atoms with Gasteiger partial charge in [0.1, 0.15) is 0 Å². The van der Waals surface area contributed by atoms with Gasteiger partial charge in [-0.25, -0.2) is 0 Å². The Morgan fingerprint density at radius 2 is 1.91 bits per heavy atom. The molecule has 2 rings (SSSR count). The van der Waals surface area contributed by atoms with E-state index in [2.05, 4.69) is 10.2 Å². The predicted octanol–water partition coefficient (Wildman–Crippen LogP) is 3.65. The number of nitrogens with zero attached hydrogens (tertiary/aromatic N) is 1. The number of aliphatic carboxylic acids is 1. The van der Waals surface area contributed by atoms with Crippen LogP contribution in [-0.2, 0) is 9.59 Å². The van der Waals surface area contributed by atoms with Crippen molar-refractivity contribution in [2.75, 3.05) is 18.4 Å². The second kappa shape index (κ2) is 8.52. The predicted molar refractivity (Wildman–Crippen MR) is 91.2 cm³/mol. The molecule has 0 aliphatic carbocycles.